The molecule has 1 aliphatic rings. The van der Waals surface area contributed by atoms with Crippen LogP contribution in [0.15, 0.2) is 24.3 Å². The van der Waals surface area contributed by atoms with E-state index < -0.39 is 12.0 Å². The molecule has 2 rings (SSSR count). The first-order valence-corrected chi connectivity index (χ1v) is 7.30. The fourth-order valence-corrected chi connectivity index (χ4v) is 2.72. The number of rotatable bonds is 4. The van der Waals surface area contributed by atoms with Crippen molar-refractivity contribution in [1.29, 1.82) is 0 Å². The fraction of sp³-hybridized carbons (Fsp3) is 0.500. The van der Waals surface area contributed by atoms with Crippen molar-refractivity contribution in [3.05, 3.63) is 35.4 Å². The van der Waals surface area contributed by atoms with E-state index in [0.29, 0.717) is 13.1 Å². The van der Waals surface area contributed by atoms with Gasteiger partial charge in [-0.25, -0.2) is 0 Å². The van der Waals surface area contributed by atoms with Gasteiger partial charge in [-0.3, -0.25) is 9.59 Å². The summed E-state index contributed by atoms with van der Waals surface area (Å²) in [5.74, 6) is -0.675. The molecule has 1 fully saturated rings. The van der Waals surface area contributed by atoms with E-state index in [0.717, 1.165) is 24.0 Å². The Kier molecular flexibility index (Phi) is 4.96. The molecule has 21 heavy (non-hydrogen) atoms. The molecule has 1 atom stereocenters. The van der Waals surface area contributed by atoms with Gasteiger partial charge < -0.3 is 15.7 Å². The number of piperidine rings is 1. The zero-order valence-electron chi connectivity index (χ0n) is 12.3. The lowest BCUT2D eigenvalue weighted by Gasteiger charge is -2.33. The number of carboxylic acids is 1. The van der Waals surface area contributed by atoms with E-state index in [1.807, 2.05) is 31.2 Å². The number of hydrogen-bond donors (Lipinski definition) is 2. The Bertz CT molecular complexity index is 505. The highest BCUT2D eigenvalue weighted by molar-refractivity contribution is 5.83. The third kappa shape index (κ3) is 4.04. The standard InChI is InChI=1S/C16H22N2O3/c1-11-2-4-13(5-3-11)15(17)16(21)18-8-6-12(7-9-18)10-14(19)20/h2-5,12,15H,6-10,17H2,1H3,(H,19,20). The van der Waals surface area contributed by atoms with Crippen molar-refractivity contribution < 1.29 is 14.7 Å². The molecule has 0 saturated carbocycles. The molecule has 0 spiro atoms. The van der Waals surface area contributed by atoms with Crippen LogP contribution in [-0.4, -0.2) is 35.0 Å². The van der Waals surface area contributed by atoms with Crippen molar-refractivity contribution in [2.75, 3.05) is 13.1 Å². The van der Waals surface area contributed by atoms with Crippen molar-refractivity contribution in [1.82, 2.24) is 4.90 Å². The minimum atomic E-state index is -0.767. The maximum absolute atomic E-state index is 12.4. The molecule has 5 nitrogen and oxygen atoms in total. The first kappa shape index (κ1) is 15.5. The quantitative estimate of drug-likeness (QED) is 0.884. The molecular formula is C16H22N2O3. The van der Waals surface area contributed by atoms with E-state index in [9.17, 15) is 9.59 Å². The van der Waals surface area contributed by atoms with Crippen LogP contribution in [0.3, 0.4) is 0 Å². The predicted molar refractivity (Wildman–Crippen MR) is 79.7 cm³/mol. The monoisotopic (exact) mass is 290 g/mol. The molecule has 0 bridgehead atoms. The molecule has 1 unspecified atom stereocenters. The van der Waals surface area contributed by atoms with Crippen LogP contribution < -0.4 is 5.73 Å². The number of benzene rings is 1. The van der Waals surface area contributed by atoms with Gasteiger partial charge in [-0.1, -0.05) is 29.8 Å². The topological polar surface area (TPSA) is 83.6 Å². The van der Waals surface area contributed by atoms with Gasteiger partial charge in [-0.15, -0.1) is 0 Å². The molecule has 1 aromatic rings. The van der Waals surface area contributed by atoms with Crippen molar-refractivity contribution in [2.45, 2.75) is 32.2 Å². The first-order valence-electron chi connectivity index (χ1n) is 7.30. The molecule has 0 aromatic heterocycles. The minimum Gasteiger partial charge on any atom is -0.481 e. The molecule has 1 saturated heterocycles. The lowest BCUT2D eigenvalue weighted by Crippen LogP contribution is -2.43. The van der Waals surface area contributed by atoms with Gasteiger partial charge in [0.15, 0.2) is 0 Å². The Morgan fingerprint density at radius 2 is 1.86 bits per heavy atom. The molecule has 5 heteroatoms. The van der Waals surface area contributed by atoms with E-state index >= 15 is 0 Å². The van der Waals surface area contributed by atoms with Crippen molar-refractivity contribution in [3.63, 3.8) is 0 Å². The maximum atomic E-state index is 12.4. The molecular weight excluding hydrogens is 268 g/mol. The third-order valence-corrected chi connectivity index (χ3v) is 4.09. The lowest BCUT2D eigenvalue weighted by atomic mass is 9.93. The Balaban J connectivity index is 1.92. The van der Waals surface area contributed by atoms with Crippen molar-refractivity contribution in [2.24, 2.45) is 11.7 Å². The summed E-state index contributed by atoms with van der Waals surface area (Å²) in [6.45, 7) is 3.18. The number of hydrogen-bond acceptors (Lipinski definition) is 3. The number of carbonyl (C=O) groups excluding carboxylic acids is 1. The normalized spacial score (nSPS) is 17.5. The largest absolute Gasteiger partial charge is 0.481 e. The molecule has 0 radical (unpaired) electrons. The molecule has 114 valence electrons. The van der Waals surface area contributed by atoms with Gasteiger partial charge in [-0.2, -0.15) is 0 Å². The second-order valence-corrected chi connectivity index (χ2v) is 5.75. The van der Waals surface area contributed by atoms with Gasteiger partial charge in [0.2, 0.25) is 5.91 Å². The highest BCUT2D eigenvalue weighted by Crippen LogP contribution is 2.23. The summed E-state index contributed by atoms with van der Waals surface area (Å²) in [5, 5.41) is 8.80. The Hall–Kier alpha value is -1.88. The van der Waals surface area contributed by atoms with Crippen LogP contribution in [0.2, 0.25) is 0 Å². The summed E-state index contributed by atoms with van der Waals surface area (Å²) in [5.41, 5.74) is 8.00. The van der Waals surface area contributed by atoms with Crippen LogP contribution in [0.5, 0.6) is 0 Å². The second-order valence-electron chi connectivity index (χ2n) is 5.75. The molecule has 1 heterocycles. The number of nitrogens with two attached hydrogens (primary N) is 1. The molecule has 1 aliphatic heterocycles. The zero-order chi connectivity index (χ0) is 15.4. The molecule has 0 aliphatic carbocycles. The highest BCUT2D eigenvalue weighted by Gasteiger charge is 2.27. The zero-order valence-corrected chi connectivity index (χ0v) is 12.3. The summed E-state index contributed by atoms with van der Waals surface area (Å²) in [4.78, 5) is 24.9. The summed E-state index contributed by atoms with van der Waals surface area (Å²) < 4.78 is 0. The van der Waals surface area contributed by atoms with Crippen LogP contribution in [0.1, 0.15) is 36.4 Å². The Labute approximate surface area is 124 Å². The van der Waals surface area contributed by atoms with Gasteiger partial charge in [0.25, 0.3) is 0 Å². The second kappa shape index (κ2) is 6.72. The van der Waals surface area contributed by atoms with E-state index in [1.54, 1.807) is 4.90 Å². The maximum Gasteiger partial charge on any atom is 0.303 e. The number of aryl methyl sites for hydroxylation is 1. The first-order chi connectivity index (χ1) is 9.97. The number of likely N-dealkylation sites (tertiary alicyclic amines) is 1. The number of aliphatic carboxylic acids is 1. The molecule has 1 amide bonds. The Morgan fingerprint density at radius 1 is 1.29 bits per heavy atom. The summed E-state index contributed by atoms with van der Waals surface area (Å²) in [7, 11) is 0. The van der Waals surface area contributed by atoms with Crippen LogP contribution in [-0.2, 0) is 9.59 Å². The third-order valence-electron chi connectivity index (χ3n) is 4.09. The number of amides is 1. The van der Waals surface area contributed by atoms with E-state index in [-0.39, 0.29) is 18.2 Å². The minimum absolute atomic E-state index is 0.0763. The number of carbonyl (C=O) groups is 2. The summed E-state index contributed by atoms with van der Waals surface area (Å²) in [6, 6.07) is 7.02. The molecule has 1 aromatic carbocycles. The average Bonchev–Trinajstić information content (AvgIpc) is 2.47. The van der Waals surface area contributed by atoms with E-state index in [4.69, 9.17) is 10.8 Å². The lowest BCUT2D eigenvalue weighted by molar-refractivity contribution is -0.138. The molecule has 3 N–H and O–H groups in total. The highest BCUT2D eigenvalue weighted by atomic mass is 16.4. The van der Waals surface area contributed by atoms with Crippen LogP contribution in [0.4, 0.5) is 0 Å². The summed E-state index contributed by atoms with van der Waals surface area (Å²) in [6.07, 6.45) is 1.66. The smallest absolute Gasteiger partial charge is 0.303 e. The van der Waals surface area contributed by atoms with Gasteiger partial charge >= 0.3 is 5.97 Å². The predicted octanol–water partition coefficient (Wildman–Crippen LogP) is 1.71. The van der Waals surface area contributed by atoms with Crippen LogP contribution in [0, 0.1) is 12.8 Å². The summed E-state index contributed by atoms with van der Waals surface area (Å²) >= 11 is 0. The van der Waals surface area contributed by atoms with Crippen LogP contribution >= 0.6 is 0 Å². The Morgan fingerprint density at radius 3 is 2.38 bits per heavy atom. The van der Waals surface area contributed by atoms with E-state index in [2.05, 4.69) is 0 Å². The fourth-order valence-electron chi connectivity index (χ4n) is 2.72. The number of carboxylic acid groups (broad SMARTS) is 1. The van der Waals surface area contributed by atoms with E-state index in [1.165, 1.54) is 0 Å². The van der Waals surface area contributed by atoms with Gasteiger partial charge in [0.05, 0.1) is 0 Å². The van der Waals surface area contributed by atoms with Gasteiger partial charge in [0.1, 0.15) is 6.04 Å². The van der Waals surface area contributed by atoms with Crippen molar-refractivity contribution >= 4 is 11.9 Å². The van der Waals surface area contributed by atoms with Gasteiger partial charge in [-0.05, 0) is 31.2 Å². The number of nitrogens with zero attached hydrogens (tertiary/aromatic N) is 1. The van der Waals surface area contributed by atoms with Crippen molar-refractivity contribution in [3.8, 4) is 0 Å². The SMILES string of the molecule is Cc1ccc(C(N)C(=O)N2CCC(CC(=O)O)CC2)cc1. The van der Waals surface area contributed by atoms with Gasteiger partial charge in [0, 0.05) is 19.5 Å². The van der Waals surface area contributed by atoms with Crippen LogP contribution in [0.25, 0.3) is 0 Å². The average molecular weight is 290 g/mol.